The van der Waals surface area contributed by atoms with Crippen LogP contribution in [-0.4, -0.2) is 59.7 Å². The van der Waals surface area contributed by atoms with Crippen molar-refractivity contribution in [3.8, 4) is 0 Å². The van der Waals surface area contributed by atoms with Gasteiger partial charge in [0, 0.05) is 24.0 Å². The Hall–Kier alpha value is -2.06. The number of methoxy groups -OCH3 is 1. The molecule has 2 N–H and O–H groups in total. The molecule has 0 radical (unpaired) electrons. The zero-order valence-electron chi connectivity index (χ0n) is 15.9. The molecule has 0 unspecified atom stereocenters. The third-order valence-corrected chi connectivity index (χ3v) is 6.44. The minimum atomic E-state index is -0.700. The van der Waals surface area contributed by atoms with Gasteiger partial charge in [-0.05, 0) is 32.4 Å². The molecule has 2 aliphatic rings. The lowest BCUT2D eigenvalue weighted by atomic mass is 10.0. The number of amides is 3. The van der Waals surface area contributed by atoms with E-state index >= 15 is 0 Å². The van der Waals surface area contributed by atoms with E-state index in [-0.39, 0.29) is 23.1 Å². The molecule has 3 rings (SSSR count). The first-order chi connectivity index (χ1) is 12.8. The fourth-order valence-electron chi connectivity index (χ4n) is 3.59. The van der Waals surface area contributed by atoms with Gasteiger partial charge in [-0.3, -0.25) is 14.4 Å². The van der Waals surface area contributed by atoms with Crippen molar-refractivity contribution in [3.05, 3.63) is 35.4 Å². The van der Waals surface area contributed by atoms with Crippen LogP contribution in [0.2, 0.25) is 0 Å². The summed E-state index contributed by atoms with van der Waals surface area (Å²) in [6.45, 7) is 6.33. The van der Waals surface area contributed by atoms with Crippen LogP contribution in [0.4, 0.5) is 0 Å². The van der Waals surface area contributed by atoms with E-state index in [4.69, 9.17) is 4.74 Å². The molecule has 146 valence electrons. The maximum Gasteiger partial charge on any atom is 0.256 e. The third-order valence-electron chi connectivity index (χ3n) is 4.90. The van der Waals surface area contributed by atoms with Crippen molar-refractivity contribution in [2.24, 2.45) is 0 Å². The Bertz CT molecular complexity index is 767. The second-order valence-electron chi connectivity index (χ2n) is 7.29. The second-order valence-corrected chi connectivity index (χ2v) is 9.02. The Morgan fingerprint density at radius 3 is 2.74 bits per heavy atom. The van der Waals surface area contributed by atoms with Crippen molar-refractivity contribution in [1.29, 1.82) is 0 Å². The lowest BCUT2D eigenvalue weighted by Gasteiger charge is -2.30. The molecule has 27 heavy (non-hydrogen) atoms. The van der Waals surface area contributed by atoms with E-state index < -0.39 is 16.8 Å². The van der Waals surface area contributed by atoms with Crippen LogP contribution < -0.4 is 10.6 Å². The van der Waals surface area contributed by atoms with Gasteiger partial charge in [0.2, 0.25) is 11.8 Å². The Labute approximate surface area is 163 Å². The molecule has 3 atom stereocenters. The number of hydrogen-bond acceptors (Lipinski definition) is 5. The molecular weight excluding hydrogens is 366 g/mol. The number of ether oxygens (including phenoxy) is 1. The summed E-state index contributed by atoms with van der Waals surface area (Å²) >= 11 is 1.60. The molecule has 0 aliphatic carbocycles. The quantitative estimate of drug-likeness (QED) is 0.714. The van der Waals surface area contributed by atoms with Gasteiger partial charge >= 0.3 is 0 Å². The van der Waals surface area contributed by atoms with Crippen LogP contribution in [0.25, 0.3) is 0 Å². The van der Waals surface area contributed by atoms with Crippen molar-refractivity contribution < 1.29 is 19.1 Å². The normalized spacial score (nSPS) is 23.6. The van der Waals surface area contributed by atoms with E-state index in [0.717, 1.165) is 5.56 Å². The van der Waals surface area contributed by atoms with Crippen molar-refractivity contribution in [3.63, 3.8) is 0 Å². The Morgan fingerprint density at radius 2 is 2.04 bits per heavy atom. The molecule has 0 spiro atoms. The summed E-state index contributed by atoms with van der Waals surface area (Å²) in [5.41, 5.74) is 1.59. The number of carbonyl (C=O) groups is 3. The van der Waals surface area contributed by atoms with Crippen molar-refractivity contribution in [2.75, 3.05) is 20.3 Å². The first-order valence-electron chi connectivity index (χ1n) is 8.94. The topological polar surface area (TPSA) is 87.7 Å². The largest absolute Gasteiger partial charge is 0.383 e. The van der Waals surface area contributed by atoms with E-state index in [1.54, 1.807) is 36.8 Å². The number of fused-ring (bicyclic) bond motifs is 3. The Morgan fingerprint density at radius 1 is 1.33 bits per heavy atom. The van der Waals surface area contributed by atoms with E-state index in [1.807, 2.05) is 32.0 Å². The molecule has 2 heterocycles. The van der Waals surface area contributed by atoms with Crippen molar-refractivity contribution >= 4 is 29.5 Å². The zero-order valence-corrected chi connectivity index (χ0v) is 16.8. The van der Waals surface area contributed by atoms with Gasteiger partial charge in [-0.2, -0.15) is 0 Å². The Balaban J connectivity index is 1.75. The third kappa shape index (κ3) is 3.55. The first kappa shape index (κ1) is 19.7. The highest BCUT2D eigenvalue weighted by atomic mass is 32.2. The SMILES string of the molecule is COCCNC(=O)[C@H](C)NC(=O)[C@H]1N2C(=O)c3ccccc3[C@H]2SC1(C)C. The first-order valence-corrected chi connectivity index (χ1v) is 9.82. The molecule has 1 saturated heterocycles. The van der Waals surface area contributed by atoms with Crippen molar-refractivity contribution in [1.82, 2.24) is 15.5 Å². The molecule has 1 aromatic rings. The van der Waals surface area contributed by atoms with Gasteiger partial charge in [0.25, 0.3) is 5.91 Å². The minimum Gasteiger partial charge on any atom is -0.383 e. The van der Waals surface area contributed by atoms with Crippen LogP contribution in [0.1, 0.15) is 42.1 Å². The number of benzene rings is 1. The minimum absolute atomic E-state index is 0.133. The molecule has 1 aromatic carbocycles. The molecule has 0 saturated carbocycles. The molecule has 0 aromatic heterocycles. The van der Waals surface area contributed by atoms with Crippen LogP contribution >= 0.6 is 11.8 Å². The van der Waals surface area contributed by atoms with Gasteiger partial charge in [-0.25, -0.2) is 0 Å². The standard InChI is InChI=1S/C19H25N3O4S/c1-11(15(23)20-9-10-26-4)21-16(24)14-19(2,3)27-18-13-8-6-5-7-12(13)17(25)22(14)18/h5-8,11,14,18H,9-10H2,1-4H3,(H,20,23)(H,21,24)/t11-,14+,18+/m0/s1. The predicted molar refractivity (Wildman–Crippen MR) is 103 cm³/mol. The van der Waals surface area contributed by atoms with Crippen LogP contribution in [-0.2, 0) is 14.3 Å². The fraction of sp³-hybridized carbons (Fsp3) is 0.526. The second kappa shape index (κ2) is 7.52. The van der Waals surface area contributed by atoms with Gasteiger partial charge in [-0.1, -0.05) is 18.2 Å². The summed E-state index contributed by atoms with van der Waals surface area (Å²) < 4.78 is 4.43. The number of nitrogens with zero attached hydrogens (tertiary/aromatic N) is 1. The monoisotopic (exact) mass is 391 g/mol. The average Bonchev–Trinajstić information content (AvgIpc) is 3.05. The van der Waals surface area contributed by atoms with Gasteiger partial charge in [0.05, 0.1) is 6.61 Å². The number of rotatable bonds is 6. The molecule has 7 nitrogen and oxygen atoms in total. The van der Waals surface area contributed by atoms with Gasteiger partial charge in [0.15, 0.2) is 0 Å². The molecular formula is C19H25N3O4S. The summed E-state index contributed by atoms with van der Waals surface area (Å²) in [5, 5.41) is 5.29. The van der Waals surface area contributed by atoms with Gasteiger partial charge in [-0.15, -0.1) is 11.8 Å². The van der Waals surface area contributed by atoms with E-state index in [2.05, 4.69) is 10.6 Å². The molecule has 2 aliphatic heterocycles. The maximum absolute atomic E-state index is 13.0. The highest BCUT2D eigenvalue weighted by Crippen LogP contribution is 2.56. The maximum atomic E-state index is 13.0. The van der Waals surface area contributed by atoms with Crippen LogP contribution in [0, 0.1) is 0 Å². The Kier molecular flexibility index (Phi) is 5.48. The molecule has 3 amide bonds. The van der Waals surface area contributed by atoms with E-state index in [1.165, 1.54) is 0 Å². The summed E-state index contributed by atoms with van der Waals surface area (Å²) in [6, 6.07) is 6.12. The van der Waals surface area contributed by atoms with Gasteiger partial charge in [0.1, 0.15) is 17.5 Å². The summed E-state index contributed by atoms with van der Waals surface area (Å²) in [4.78, 5) is 39.7. The summed E-state index contributed by atoms with van der Waals surface area (Å²) in [5.74, 6) is -0.729. The number of hydrogen-bond donors (Lipinski definition) is 2. The molecule has 8 heteroatoms. The lowest BCUT2D eigenvalue weighted by Crippen LogP contribution is -2.56. The van der Waals surface area contributed by atoms with E-state index in [0.29, 0.717) is 18.7 Å². The zero-order chi connectivity index (χ0) is 19.8. The number of carbonyl (C=O) groups excluding carboxylic acids is 3. The highest BCUT2D eigenvalue weighted by molar-refractivity contribution is 8.01. The highest BCUT2D eigenvalue weighted by Gasteiger charge is 2.57. The average molecular weight is 391 g/mol. The number of nitrogens with one attached hydrogen (secondary N) is 2. The fourth-order valence-corrected chi connectivity index (χ4v) is 5.18. The predicted octanol–water partition coefficient (Wildman–Crippen LogP) is 1.30. The van der Waals surface area contributed by atoms with Crippen LogP contribution in [0.3, 0.4) is 0 Å². The number of thioether (sulfide) groups is 1. The van der Waals surface area contributed by atoms with Gasteiger partial charge < -0.3 is 20.3 Å². The van der Waals surface area contributed by atoms with Crippen molar-refractivity contribution in [2.45, 2.75) is 43.0 Å². The summed E-state index contributed by atoms with van der Waals surface area (Å²) in [6.07, 6.45) is 0. The smallest absolute Gasteiger partial charge is 0.256 e. The lowest BCUT2D eigenvalue weighted by molar-refractivity contribution is -0.131. The van der Waals surface area contributed by atoms with E-state index in [9.17, 15) is 14.4 Å². The van der Waals surface area contributed by atoms with Crippen LogP contribution in [0.15, 0.2) is 24.3 Å². The molecule has 0 bridgehead atoms. The van der Waals surface area contributed by atoms with Crippen LogP contribution in [0.5, 0.6) is 0 Å². The molecule has 1 fully saturated rings. The summed E-state index contributed by atoms with van der Waals surface area (Å²) in [7, 11) is 1.55.